The molecule has 0 bridgehead atoms. The van der Waals surface area contributed by atoms with Gasteiger partial charge in [-0.2, -0.15) is 0 Å². The molecule has 0 spiro atoms. The topological polar surface area (TPSA) is 68.0 Å². The minimum Gasteiger partial charge on any atom is -0.381 e. The first-order chi connectivity index (χ1) is 8.15. The Morgan fingerprint density at radius 3 is 2.65 bits per heavy atom. The molecule has 17 heavy (non-hydrogen) atoms. The monoisotopic (exact) mass is 297 g/mol. The lowest BCUT2D eigenvalue weighted by Crippen LogP contribution is -2.32. The number of nitrogens with one attached hydrogen (secondary N) is 1. The number of pyridine rings is 1. The molecule has 0 radical (unpaired) electrons. The van der Waals surface area contributed by atoms with Gasteiger partial charge >= 0.3 is 0 Å². The fourth-order valence-electron chi connectivity index (χ4n) is 2.25. The molecule has 1 aromatic heterocycles. The average Bonchev–Trinajstić information content (AvgIpc) is 2.29. The van der Waals surface area contributed by atoms with E-state index in [4.69, 9.17) is 5.73 Å². The minimum absolute atomic E-state index is 0.0636. The van der Waals surface area contributed by atoms with E-state index in [-0.39, 0.29) is 11.8 Å². The number of nitrogens with two attached hydrogens (primary N) is 1. The molecular formula is C12H16BrN3O. The Labute approximate surface area is 109 Å². The van der Waals surface area contributed by atoms with Gasteiger partial charge in [0.25, 0.3) is 0 Å². The number of anilines is 1. The smallest absolute Gasteiger partial charge is 0.220 e. The zero-order chi connectivity index (χ0) is 12.3. The third-order valence-corrected chi connectivity index (χ3v) is 3.64. The maximum absolute atomic E-state index is 11.0. The van der Waals surface area contributed by atoms with Crippen LogP contribution in [-0.4, -0.2) is 16.9 Å². The van der Waals surface area contributed by atoms with E-state index in [2.05, 4.69) is 26.2 Å². The van der Waals surface area contributed by atoms with E-state index in [0.717, 1.165) is 35.8 Å². The summed E-state index contributed by atoms with van der Waals surface area (Å²) >= 11 is 3.39. The fourth-order valence-corrected chi connectivity index (χ4v) is 2.61. The van der Waals surface area contributed by atoms with E-state index < -0.39 is 0 Å². The zero-order valence-corrected chi connectivity index (χ0v) is 11.1. The molecular weight excluding hydrogens is 282 g/mol. The van der Waals surface area contributed by atoms with Crippen LogP contribution >= 0.6 is 15.9 Å². The number of primary amides is 1. The van der Waals surface area contributed by atoms with Gasteiger partial charge in [-0.25, -0.2) is 0 Å². The van der Waals surface area contributed by atoms with Crippen molar-refractivity contribution in [1.82, 2.24) is 4.98 Å². The van der Waals surface area contributed by atoms with Crippen LogP contribution in [0.4, 0.5) is 5.69 Å². The highest BCUT2D eigenvalue weighted by atomic mass is 79.9. The maximum Gasteiger partial charge on any atom is 0.220 e. The number of rotatable bonds is 3. The van der Waals surface area contributed by atoms with E-state index in [1.165, 1.54) is 0 Å². The molecule has 1 heterocycles. The van der Waals surface area contributed by atoms with Crippen molar-refractivity contribution in [3.8, 4) is 0 Å². The molecule has 1 aromatic rings. The van der Waals surface area contributed by atoms with E-state index in [1.807, 2.05) is 12.3 Å². The van der Waals surface area contributed by atoms with E-state index in [9.17, 15) is 4.79 Å². The zero-order valence-electron chi connectivity index (χ0n) is 9.53. The van der Waals surface area contributed by atoms with Gasteiger partial charge in [-0.1, -0.05) is 0 Å². The van der Waals surface area contributed by atoms with Crippen LogP contribution < -0.4 is 11.1 Å². The van der Waals surface area contributed by atoms with Gasteiger partial charge in [0, 0.05) is 22.6 Å². The number of halogens is 1. The summed E-state index contributed by atoms with van der Waals surface area (Å²) in [6.45, 7) is 0. The molecule has 0 unspecified atom stereocenters. The summed E-state index contributed by atoms with van der Waals surface area (Å²) in [4.78, 5) is 15.2. The van der Waals surface area contributed by atoms with Gasteiger partial charge in [-0.05, 0) is 47.7 Å². The molecule has 1 saturated carbocycles. The highest BCUT2D eigenvalue weighted by Gasteiger charge is 2.24. The Hall–Kier alpha value is -1.10. The van der Waals surface area contributed by atoms with Crippen molar-refractivity contribution in [3.63, 3.8) is 0 Å². The first kappa shape index (κ1) is 12.4. The first-order valence-corrected chi connectivity index (χ1v) is 6.61. The summed E-state index contributed by atoms with van der Waals surface area (Å²) in [7, 11) is 0. The van der Waals surface area contributed by atoms with E-state index in [0.29, 0.717) is 6.04 Å². The molecule has 2 rings (SSSR count). The van der Waals surface area contributed by atoms with Crippen molar-refractivity contribution in [3.05, 3.63) is 22.9 Å². The molecule has 3 N–H and O–H groups in total. The van der Waals surface area contributed by atoms with Crippen molar-refractivity contribution in [2.45, 2.75) is 31.7 Å². The standard InChI is InChI=1S/C12H16BrN3O/c13-9-5-11(7-15-6-9)16-10-3-1-8(2-4-10)12(14)17/h5-8,10,16H,1-4H2,(H2,14,17). The number of amides is 1. The normalized spacial score (nSPS) is 24.3. The molecule has 1 amide bonds. The minimum atomic E-state index is -0.160. The molecule has 1 fully saturated rings. The number of hydrogen-bond acceptors (Lipinski definition) is 3. The van der Waals surface area contributed by atoms with E-state index in [1.54, 1.807) is 6.20 Å². The maximum atomic E-state index is 11.0. The predicted molar refractivity (Wildman–Crippen MR) is 70.5 cm³/mol. The Balaban J connectivity index is 1.88. The van der Waals surface area contributed by atoms with Crippen molar-refractivity contribution >= 4 is 27.5 Å². The SMILES string of the molecule is NC(=O)C1CCC(Nc2cncc(Br)c2)CC1. The molecule has 1 aliphatic rings. The molecule has 5 heteroatoms. The number of carbonyl (C=O) groups is 1. The lowest BCUT2D eigenvalue weighted by Gasteiger charge is -2.28. The highest BCUT2D eigenvalue weighted by molar-refractivity contribution is 9.10. The van der Waals surface area contributed by atoms with Gasteiger partial charge in [-0.3, -0.25) is 9.78 Å². The van der Waals surface area contributed by atoms with Gasteiger partial charge < -0.3 is 11.1 Å². The van der Waals surface area contributed by atoms with Crippen LogP contribution in [0, 0.1) is 5.92 Å². The molecule has 4 nitrogen and oxygen atoms in total. The highest BCUT2D eigenvalue weighted by Crippen LogP contribution is 2.26. The number of nitrogens with zero attached hydrogens (tertiary/aromatic N) is 1. The number of hydrogen-bond donors (Lipinski definition) is 2. The van der Waals surface area contributed by atoms with Crippen molar-refractivity contribution in [2.75, 3.05) is 5.32 Å². The lowest BCUT2D eigenvalue weighted by molar-refractivity contribution is -0.122. The second-order valence-corrected chi connectivity index (χ2v) is 5.40. The molecule has 1 aliphatic carbocycles. The Bertz CT molecular complexity index is 402. The van der Waals surface area contributed by atoms with Crippen LogP contribution in [0.25, 0.3) is 0 Å². The summed E-state index contributed by atoms with van der Waals surface area (Å²) in [5, 5.41) is 3.44. The summed E-state index contributed by atoms with van der Waals surface area (Å²) in [6, 6.07) is 2.43. The third kappa shape index (κ3) is 3.43. The predicted octanol–water partition coefficient (Wildman–Crippen LogP) is 2.30. The second-order valence-electron chi connectivity index (χ2n) is 4.49. The summed E-state index contributed by atoms with van der Waals surface area (Å²) < 4.78 is 0.966. The van der Waals surface area contributed by atoms with Crippen LogP contribution in [0.3, 0.4) is 0 Å². The van der Waals surface area contributed by atoms with Crippen LogP contribution in [0.15, 0.2) is 22.9 Å². The van der Waals surface area contributed by atoms with E-state index >= 15 is 0 Å². The molecule has 92 valence electrons. The second kappa shape index (κ2) is 5.49. The van der Waals surface area contributed by atoms with Gasteiger partial charge in [0.1, 0.15) is 0 Å². The number of carbonyl (C=O) groups excluding carboxylic acids is 1. The van der Waals surface area contributed by atoms with Crippen molar-refractivity contribution in [1.29, 1.82) is 0 Å². The van der Waals surface area contributed by atoms with Crippen molar-refractivity contribution < 1.29 is 4.79 Å². The van der Waals surface area contributed by atoms with Crippen LogP contribution in [0.2, 0.25) is 0 Å². The quantitative estimate of drug-likeness (QED) is 0.899. The Morgan fingerprint density at radius 1 is 1.35 bits per heavy atom. The molecule has 0 atom stereocenters. The Kier molecular flexibility index (Phi) is 3.99. The van der Waals surface area contributed by atoms with Gasteiger partial charge in [0.2, 0.25) is 5.91 Å². The first-order valence-electron chi connectivity index (χ1n) is 5.81. The van der Waals surface area contributed by atoms with Crippen LogP contribution in [0.5, 0.6) is 0 Å². The fraction of sp³-hybridized carbons (Fsp3) is 0.500. The summed E-state index contributed by atoms with van der Waals surface area (Å²) in [5.74, 6) is -0.0961. The molecule has 0 aromatic carbocycles. The van der Waals surface area contributed by atoms with Gasteiger partial charge in [-0.15, -0.1) is 0 Å². The number of aromatic nitrogens is 1. The van der Waals surface area contributed by atoms with Gasteiger partial charge in [0.15, 0.2) is 0 Å². The Morgan fingerprint density at radius 2 is 2.06 bits per heavy atom. The third-order valence-electron chi connectivity index (χ3n) is 3.21. The van der Waals surface area contributed by atoms with Crippen LogP contribution in [0.1, 0.15) is 25.7 Å². The van der Waals surface area contributed by atoms with Gasteiger partial charge in [0.05, 0.1) is 11.9 Å². The summed E-state index contributed by atoms with van der Waals surface area (Å²) in [6.07, 6.45) is 7.31. The van der Waals surface area contributed by atoms with Crippen molar-refractivity contribution in [2.24, 2.45) is 11.7 Å². The largest absolute Gasteiger partial charge is 0.381 e. The average molecular weight is 298 g/mol. The molecule has 0 aliphatic heterocycles. The lowest BCUT2D eigenvalue weighted by atomic mass is 9.85. The molecule has 0 saturated heterocycles. The van der Waals surface area contributed by atoms with Crippen LogP contribution in [-0.2, 0) is 4.79 Å². The summed E-state index contributed by atoms with van der Waals surface area (Å²) in [5.41, 5.74) is 6.33.